The third kappa shape index (κ3) is 6.63. The molecule has 3 aromatic carbocycles. The Kier molecular flexibility index (Phi) is 9.49. The molecule has 0 aromatic heterocycles. The number of oxime groups is 1. The number of carbonyl (C=O) groups is 2. The van der Waals surface area contributed by atoms with Crippen LogP contribution in [-0.2, 0) is 12.1 Å². The summed E-state index contributed by atoms with van der Waals surface area (Å²) < 4.78 is 94.3. The molecule has 0 atom stereocenters. The fourth-order valence-corrected chi connectivity index (χ4v) is 4.48. The van der Waals surface area contributed by atoms with Gasteiger partial charge in [-0.3, -0.25) is 9.59 Å². The van der Waals surface area contributed by atoms with Crippen molar-refractivity contribution >= 4 is 23.1 Å². The lowest BCUT2D eigenvalue weighted by atomic mass is 9.87. The quantitative estimate of drug-likeness (QED) is 0.0898. The third-order valence-electron chi connectivity index (χ3n) is 6.83. The van der Waals surface area contributed by atoms with Crippen LogP contribution in [0.2, 0.25) is 0 Å². The average molecular weight is 597 g/mol. The van der Waals surface area contributed by atoms with Gasteiger partial charge in [-0.2, -0.15) is 26.3 Å². The molecule has 0 bridgehead atoms. The van der Waals surface area contributed by atoms with Gasteiger partial charge in [0.05, 0.1) is 5.71 Å². The highest BCUT2D eigenvalue weighted by molar-refractivity contribution is 6.07. The van der Waals surface area contributed by atoms with Crippen LogP contribution < -0.4 is 4.90 Å². The average Bonchev–Trinajstić information content (AvgIpc) is 2.93. The van der Waals surface area contributed by atoms with Crippen LogP contribution in [0.5, 0.6) is 0 Å². The van der Waals surface area contributed by atoms with Gasteiger partial charge in [-0.15, -0.1) is 0 Å². The molecule has 5 nitrogen and oxygen atoms in total. The van der Waals surface area contributed by atoms with Gasteiger partial charge < -0.3 is 10.1 Å². The minimum atomic E-state index is -6.26. The van der Waals surface area contributed by atoms with Crippen LogP contribution in [0.3, 0.4) is 0 Å². The Morgan fingerprint density at radius 2 is 1.36 bits per heavy atom. The molecule has 0 aliphatic rings. The highest BCUT2D eigenvalue weighted by Gasteiger charge is 2.73. The SMILES string of the molecule is C/C(CCN(C(=O)c1ccccc1)c1cccc(C(=O)Cc2c(C)cc(C(F)(C(F)(F)F)C(F)(F)F)cc2C)c1)=N/O. The summed E-state index contributed by atoms with van der Waals surface area (Å²) in [5, 5.41) is 12.1. The Morgan fingerprint density at radius 1 is 0.810 bits per heavy atom. The van der Waals surface area contributed by atoms with Crippen molar-refractivity contribution in [1.29, 1.82) is 0 Å². The first-order chi connectivity index (χ1) is 19.5. The Balaban J connectivity index is 1.96. The normalized spacial score (nSPS) is 12.8. The maximum atomic E-state index is 14.6. The summed E-state index contributed by atoms with van der Waals surface area (Å²) in [6.45, 7) is 4.07. The number of carbonyl (C=O) groups excluding carboxylic acids is 2. The second-order valence-electron chi connectivity index (χ2n) is 9.80. The Morgan fingerprint density at radius 3 is 1.88 bits per heavy atom. The molecular formula is C30H27F7N2O3. The van der Waals surface area contributed by atoms with E-state index >= 15 is 0 Å². The van der Waals surface area contributed by atoms with Crippen molar-refractivity contribution in [3.05, 3.63) is 100 Å². The number of nitrogens with zero attached hydrogens (tertiary/aromatic N) is 2. The van der Waals surface area contributed by atoms with E-state index < -0.39 is 41.7 Å². The van der Waals surface area contributed by atoms with E-state index in [1.165, 1.54) is 36.9 Å². The van der Waals surface area contributed by atoms with Crippen molar-refractivity contribution in [1.82, 2.24) is 0 Å². The lowest BCUT2D eigenvalue weighted by Gasteiger charge is -2.31. The number of alkyl halides is 7. The van der Waals surface area contributed by atoms with E-state index in [0.717, 1.165) is 0 Å². The first-order valence-corrected chi connectivity index (χ1v) is 12.6. The zero-order valence-corrected chi connectivity index (χ0v) is 22.8. The number of aryl methyl sites for hydroxylation is 2. The molecule has 0 saturated heterocycles. The van der Waals surface area contributed by atoms with Gasteiger partial charge >= 0.3 is 18.0 Å². The van der Waals surface area contributed by atoms with Crippen molar-refractivity contribution in [2.24, 2.45) is 5.16 Å². The molecule has 0 fully saturated rings. The van der Waals surface area contributed by atoms with E-state index in [1.807, 2.05) is 0 Å². The van der Waals surface area contributed by atoms with Crippen LogP contribution >= 0.6 is 0 Å². The molecular weight excluding hydrogens is 569 g/mol. The Labute approximate surface area is 237 Å². The van der Waals surface area contributed by atoms with Crippen molar-refractivity contribution in [2.75, 3.05) is 11.4 Å². The number of anilines is 1. The number of ketones is 1. The lowest BCUT2D eigenvalue weighted by Crippen LogP contribution is -2.50. The van der Waals surface area contributed by atoms with Gasteiger partial charge in [0.25, 0.3) is 5.91 Å². The van der Waals surface area contributed by atoms with Gasteiger partial charge in [0.1, 0.15) is 0 Å². The molecule has 3 aromatic rings. The molecule has 42 heavy (non-hydrogen) atoms. The molecule has 3 rings (SSSR count). The molecule has 12 heteroatoms. The standard InChI is InChI=1S/C30H27F7N2O3/c1-18-14-23(28(31,29(32,33)34)30(35,36)37)15-19(2)25(18)17-26(40)22-10-7-11-24(16-22)39(13-12-20(3)38-42)27(41)21-8-5-4-6-9-21/h4-11,14-16,42H,12-13,17H2,1-3H3/b38-20-. The van der Waals surface area contributed by atoms with Gasteiger partial charge in [0, 0.05) is 41.8 Å². The summed E-state index contributed by atoms with van der Waals surface area (Å²) in [7, 11) is 0. The van der Waals surface area contributed by atoms with E-state index in [-0.39, 0.29) is 35.2 Å². The van der Waals surface area contributed by atoms with Crippen molar-refractivity contribution in [3.63, 3.8) is 0 Å². The number of hydrogen-bond acceptors (Lipinski definition) is 4. The van der Waals surface area contributed by atoms with E-state index in [9.17, 15) is 40.3 Å². The molecule has 0 heterocycles. The molecule has 1 amide bonds. The van der Waals surface area contributed by atoms with Crippen molar-refractivity contribution < 1.29 is 45.5 Å². The molecule has 0 radical (unpaired) electrons. The molecule has 0 aliphatic heterocycles. The fraction of sp³-hybridized carbons (Fsp3) is 0.300. The fourth-order valence-electron chi connectivity index (χ4n) is 4.48. The van der Waals surface area contributed by atoms with Crippen LogP contribution in [0, 0.1) is 13.8 Å². The topological polar surface area (TPSA) is 70.0 Å². The van der Waals surface area contributed by atoms with Gasteiger partial charge in [-0.25, -0.2) is 4.39 Å². The van der Waals surface area contributed by atoms with Crippen LogP contribution in [0.15, 0.2) is 71.9 Å². The van der Waals surface area contributed by atoms with Crippen LogP contribution in [0.25, 0.3) is 0 Å². The lowest BCUT2D eigenvalue weighted by molar-refractivity contribution is -0.348. The smallest absolute Gasteiger partial charge is 0.411 e. The van der Waals surface area contributed by atoms with Gasteiger partial charge in [0.2, 0.25) is 0 Å². The largest absolute Gasteiger partial charge is 0.435 e. The monoisotopic (exact) mass is 596 g/mol. The van der Waals surface area contributed by atoms with Crippen molar-refractivity contribution in [3.8, 4) is 0 Å². The number of rotatable bonds is 9. The van der Waals surface area contributed by atoms with Crippen LogP contribution in [-0.4, -0.2) is 41.5 Å². The second-order valence-corrected chi connectivity index (χ2v) is 9.80. The molecule has 0 saturated carbocycles. The minimum absolute atomic E-state index is 0.102. The van der Waals surface area contributed by atoms with Crippen LogP contribution in [0.4, 0.5) is 36.4 Å². The highest BCUT2D eigenvalue weighted by Crippen LogP contribution is 2.53. The minimum Gasteiger partial charge on any atom is -0.411 e. The third-order valence-corrected chi connectivity index (χ3v) is 6.83. The van der Waals surface area contributed by atoms with Crippen molar-refractivity contribution in [2.45, 2.75) is 51.6 Å². The molecule has 0 spiro atoms. The second kappa shape index (κ2) is 12.3. The maximum absolute atomic E-state index is 14.6. The highest BCUT2D eigenvalue weighted by atomic mass is 19.4. The number of amides is 1. The first kappa shape index (κ1) is 32.3. The number of hydrogen-bond donors (Lipinski definition) is 1. The number of halogens is 7. The van der Waals surface area contributed by atoms with E-state index in [4.69, 9.17) is 5.21 Å². The zero-order valence-electron chi connectivity index (χ0n) is 22.8. The Bertz CT molecular complexity index is 1450. The first-order valence-electron chi connectivity index (χ1n) is 12.6. The summed E-state index contributed by atoms with van der Waals surface area (Å²) in [4.78, 5) is 28.0. The summed E-state index contributed by atoms with van der Waals surface area (Å²) in [5.74, 6) is -0.925. The van der Waals surface area contributed by atoms with Gasteiger partial charge in [0.15, 0.2) is 5.78 Å². The summed E-state index contributed by atoms with van der Waals surface area (Å²) >= 11 is 0. The van der Waals surface area contributed by atoms with Gasteiger partial charge in [-0.1, -0.05) is 47.6 Å². The molecule has 224 valence electrons. The summed E-state index contributed by atoms with van der Waals surface area (Å²) in [6, 6.07) is 15.2. The molecule has 0 aliphatic carbocycles. The summed E-state index contributed by atoms with van der Waals surface area (Å²) in [6.07, 6.45) is -12.7. The zero-order chi connectivity index (χ0) is 31.5. The van der Waals surface area contributed by atoms with Crippen LogP contribution in [0.1, 0.15) is 56.3 Å². The number of Topliss-reactive ketones (excluding diaryl/α,β-unsaturated/α-hetero) is 1. The molecule has 0 unspecified atom stereocenters. The van der Waals surface area contributed by atoms with Gasteiger partial charge in [-0.05, 0) is 61.7 Å². The van der Waals surface area contributed by atoms with E-state index in [2.05, 4.69) is 5.16 Å². The predicted molar refractivity (Wildman–Crippen MR) is 143 cm³/mol. The number of benzene rings is 3. The Hall–Kier alpha value is -4.22. The van der Waals surface area contributed by atoms with E-state index in [0.29, 0.717) is 29.1 Å². The maximum Gasteiger partial charge on any atom is 0.435 e. The summed E-state index contributed by atoms with van der Waals surface area (Å²) in [5.41, 5.74) is -6.12. The predicted octanol–water partition coefficient (Wildman–Crippen LogP) is 7.91. The van der Waals surface area contributed by atoms with E-state index in [1.54, 1.807) is 43.3 Å². The molecule has 1 N–H and O–H groups in total.